The fourth-order valence-corrected chi connectivity index (χ4v) is 3.65. The molecule has 7 nitrogen and oxygen atoms in total. The van der Waals surface area contributed by atoms with Crippen LogP contribution in [0.3, 0.4) is 0 Å². The van der Waals surface area contributed by atoms with Crippen LogP contribution in [-0.4, -0.2) is 40.3 Å². The number of benzene rings is 1. The first-order valence-corrected chi connectivity index (χ1v) is 9.21. The molecule has 1 aliphatic carbocycles. The number of likely N-dealkylation sites (N-methyl/N-ethyl adjacent to an activating group) is 1. The fraction of sp³-hybridized carbons (Fsp3) is 0.579. The molecule has 0 saturated heterocycles. The lowest BCUT2D eigenvalue weighted by Gasteiger charge is -2.40. The number of hydrogen-bond donors (Lipinski definition) is 1. The predicted molar refractivity (Wildman–Crippen MR) is 99.0 cm³/mol. The third-order valence-corrected chi connectivity index (χ3v) is 5.18. The zero-order valence-electron chi connectivity index (χ0n) is 15.7. The molecule has 1 fully saturated rings. The summed E-state index contributed by atoms with van der Waals surface area (Å²) in [7, 11) is 0. The normalized spacial score (nSPS) is 16.0. The lowest BCUT2D eigenvalue weighted by Crippen LogP contribution is -2.60. The Kier molecular flexibility index (Phi) is 6.34. The molecule has 26 heavy (non-hydrogen) atoms. The molecule has 2 rings (SSSR count). The van der Waals surface area contributed by atoms with Crippen molar-refractivity contribution in [2.75, 3.05) is 13.1 Å². The van der Waals surface area contributed by atoms with E-state index < -0.39 is 10.5 Å². The SMILES string of the molecule is CCN(CC)C(=O)C1(NC(=O)c2ccc([N+](=O)[O-])c(C)c2)CCCCC1. The highest BCUT2D eigenvalue weighted by molar-refractivity contribution is 5.99. The number of aryl methyl sites for hydroxylation is 1. The van der Waals surface area contributed by atoms with Gasteiger partial charge in [-0.25, -0.2) is 0 Å². The Bertz CT molecular complexity index is 692. The summed E-state index contributed by atoms with van der Waals surface area (Å²) in [5.74, 6) is -0.389. The molecule has 0 unspecified atom stereocenters. The van der Waals surface area contributed by atoms with Gasteiger partial charge in [0.25, 0.3) is 11.6 Å². The van der Waals surface area contributed by atoms with Crippen LogP contribution in [0.15, 0.2) is 18.2 Å². The molecule has 0 atom stereocenters. The summed E-state index contributed by atoms with van der Waals surface area (Å²) >= 11 is 0. The molecule has 0 spiro atoms. The molecule has 142 valence electrons. The van der Waals surface area contributed by atoms with Gasteiger partial charge >= 0.3 is 0 Å². The number of amides is 2. The van der Waals surface area contributed by atoms with Crippen molar-refractivity contribution in [2.24, 2.45) is 0 Å². The lowest BCUT2D eigenvalue weighted by atomic mass is 9.80. The largest absolute Gasteiger partial charge is 0.341 e. The summed E-state index contributed by atoms with van der Waals surface area (Å²) < 4.78 is 0. The third-order valence-electron chi connectivity index (χ3n) is 5.18. The molecule has 0 aromatic heterocycles. The van der Waals surface area contributed by atoms with Crippen LogP contribution in [0.1, 0.15) is 61.9 Å². The van der Waals surface area contributed by atoms with Crippen molar-refractivity contribution >= 4 is 17.5 Å². The van der Waals surface area contributed by atoms with Crippen molar-refractivity contribution in [3.8, 4) is 0 Å². The van der Waals surface area contributed by atoms with Gasteiger partial charge in [0.1, 0.15) is 5.54 Å². The highest BCUT2D eigenvalue weighted by Crippen LogP contribution is 2.31. The van der Waals surface area contributed by atoms with Gasteiger partial charge < -0.3 is 10.2 Å². The quantitative estimate of drug-likeness (QED) is 0.622. The van der Waals surface area contributed by atoms with E-state index in [0.29, 0.717) is 37.1 Å². The fourth-order valence-electron chi connectivity index (χ4n) is 3.65. The summed E-state index contributed by atoms with van der Waals surface area (Å²) in [6, 6.07) is 4.29. The second kappa shape index (κ2) is 8.29. The Morgan fingerprint density at radius 3 is 2.31 bits per heavy atom. The van der Waals surface area contributed by atoms with Gasteiger partial charge in [-0.3, -0.25) is 19.7 Å². The minimum Gasteiger partial charge on any atom is -0.341 e. The smallest absolute Gasteiger partial charge is 0.272 e. The van der Waals surface area contributed by atoms with Gasteiger partial charge in [-0.15, -0.1) is 0 Å². The van der Waals surface area contributed by atoms with Gasteiger partial charge in [-0.1, -0.05) is 19.3 Å². The number of rotatable bonds is 6. The van der Waals surface area contributed by atoms with Crippen molar-refractivity contribution in [3.63, 3.8) is 0 Å². The Morgan fingerprint density at radius 2 is 1.81 bits per heavy atom. The number of carbonyl (C=O) groups is 2. The van der Waals surface area contributed by atoms with Gasteiger partial charge in [0.15, 0.2) is 0 Å². The Morgan fingerprint density at radius 1 is 1.19 bits per heavy atom. The van der Waals surface area contributed by atoms with E-state index in [1.807, 2.05) is 13.8 Å². The van der Waals surface area contributed by atoms with Crippen LogP contribution in [0.4, 0.5) is 5.69 Å². The number of carbonyl (C=O) groups excluding carboxylic acids is 2. The average Bonchev–Trinajstić information content (AvgIpc) is 2.63. The first kappa shape index (κ1) is 19.9. The van der Waals surface area contributed by atoms with Gasteiger partial charge in [0, 0.05) is 30.3 Å². The first-order valence-electron chi connectivity index (χ1n) is 9.21. The molecule has 1 aromatic rings. The molecule has 1 aliphatic rings. The van der Waals surface area contributed by atoms with Crippen molar-refractivity contribution in [3.05, 3.63) is 39.4 Å². The second-order valence-corrected chi connectivity index (χ2v) is 6.83. The van der Waals surface area contributed by atoms with Crippen molar-refractivity contribution < 1.29 is 14.5 Å². The number of nitrogens with one attached hydrogen (secondary N) is 1. The van der Waals surface area contributed by atoms with Gasteiger partial charge in [0.2, 0.25) is 5.91 Å². The van der Waals surface area contributed by atoms with Gasteiger partial charge in [-0.05, 0) is 45.7 Å². The van der Waals surface area contributed by atoms with E-state index in [4.69, 9.17) is 0 Å². The minimum absolute atomic E-state index is 0.0202. The maximum Gasteiger partial charge on any atom is 0.272 e. The van der Waals surface area contributed by atoms with Crippen LogP contribution in [0, 0.1) is 17.0 Å². The van der Waals surface area contributed by atoms with Crippen LogP contribution in [0.2, 0.25) is 0 Å². The van der Waals surface area contributed by atoms with Crippen LogP contribution >= 0.6 is 0 Å². The monoisotopic (exact) mass is 361 g/mol. The summed E-state index contributed by atoms with van der Waals surface area (Å²) in [5.41, 5.74) is -0.134. The van der Waals surface area contributed by atoms with E-state index in [1.54, 1.807) is 11.8 Å². The molecule has 1 N–H and O–H groups in total. The summed E-state index contributed by atoms with van der Waals surface area (Å²) in [5, 5.41) is 13.9. The van der Waals surface area contributed by atoms with Crippen LogP contribution in [-0.2, 0) is 4.79 Å². The Labute approximate surface area is 153 Å². The van der Waals surface area contributed by atoms with Gasteiger partial charge in [0.05, 0.1) is 4.92 Å². The van der Waals surface area contributed by atoms with E-state index in [2.05, 4.69) is 5.32 Å². The molecule has 0 heterocycles. The topological polar surface area (TPSA) is 92.6 Å². The predicted octanol–water partition coefficient (Wildman–Crippen LogP) is 3.20. The molecule has 7 heteroatoms. The van der Waals surface area contributed by atoms with E-state index in [9.17, 15) is 19.7 Å². The molecule has 0 radical (unpaired) electrons. The summed E-state index contributed by atoms with van der Waals surface area (Å²) in [6.07, 6.45) is 4.10. The van der Waals surface area contributed by atoms with Crippen molar-refractivity contribution in [2.45, 2.75) is 58.4 Å². The Balaban J connectivity index is 2.28. The maximum absolute atomic E-state index is 13.1. The minimum atomic E-state index is -0.878. The molecule has 1 aromatic carbocycles. The van der Waals surface area contributed by atoms with E-state index in [-0.39, 0.29) is 17.5 Å². The third kappa shape index (κ3) is 4.03. The molecule has 0 bridgehead atoms. The van der Waals surface area contributed by atoms with Crippen LogP contribution in [0.5, 0.6) is 0 Å². The van der Waals surface area contributed by atoms with E-state index in [1.165, 1.54) is 18.2 Å². The van der Waals surface area contributed by atoms with Crippen molar-refractivity contribution in [1.82, 2.24) is 10.2 Å². The number of nitro benzene ring substituents is 1. The van der Waals surface area contributed by atoms with E-state index in [0.717, 1.165) is 19.3 Å². The highest BCUT2D eigenvalue weighted by atomic mass is 16.6. The number of hydrogen-bond acceptors (Lipinski definition) is 4. The summed E-state index contributed by atoms with van der Waals surface area (Å²) in [4.78, 5) is 38.1. The molecule has 1 saturated carbocycles. The average molecular weight is 361 g/mol. The van der Waals surface area contributed by atoms with Crippen LogP contribution < -0.4 is 5.32 Å². The second-order valence-electron chi connectivity index (χ2n) is 6.83. The standard InChI is InChI=1S/C19H27N3O4/c1-4-21(5-2)18(24)19(11-7-6-8-12-19)20-17(23)15-9-10-16(22(25)26)14(3)13-15/h9-10,13H,4-8,11-12H2,1-3H3,(H,20,23). The zero-order chi connectivity index (χ0) is 19.3. The molecular weight excluding hydrogens is 334 g/mol. The highest BCUT2D eigenvalue weighted by Gasteiger charge is 2.42. The van der Waals surface area contributed by atoms with Crippen LogP contribution in [0.25, 0.3) is 0 Å². The Hall–Kier alpha value is -2.44. The van der Waals surface area contributed by atoms with Crippen molar-refractivity contribution in [1.29, 1.82) is 0 Å². The zero-order valence-corrected chi connectivity index (χ0v) is 15.7. The number of nitro groups is 1. The number of nitrogens with zero attached hydrogens (tertiary/aromatic N) is 2. The molecule has 2 amide bonds. The first-order chi connectivity index (χ1) is 12.3. The maximum atomic E-state index is 13.1. The molecular formula is C19H27N3O4. The molecule has 0 aliphatic heterocycles. The van der Waals surface area contributed by atoms with E-state index >= 15 is 0 Å². The van der Waals surface area contributed by atoms with Gasteiger partial charge in [-0.2, -0.15) is 0 Å². The lowest BCUT2D eigenvalue weighted by molar-refractivity contribution is -0.385. The summed E-state index contributed by atoms with van der Waals surface area (Å²) in [6.45, 7) is 6.67.